The Labute approximate surface area is 182 Å². The largest absolute Gasteiger partial charge is 0.467 e. The Morgan fingerprint density at radius 2 is 1.47 bits per heavy atom. The summed E-state index contributed by atoms with van der Waals surface area (Å²) in [6, 6.07) is 15.4. The Morgan fingerprint density at radius 3 is 2.06 bits per heavy atom. The molecule has 0 bridgehead atoms. The van der Waals surface area contributed by atoms with E-state index in [1.807, 2.05) is 0 Å². The van der Waals surface area contributed by atoms with E-state index in [4.69, 9.17) is 9.47 Å². The minimum atomic E-state index is -1.02. The summed E-state index contributed by atoms with van der Waals surface area (Å²) in [5.74, 6) is -2.91. The van der Waals surface area contributed by atoms with Gasteiger partial charge in [-0.3, -0.25) is 4.79 Å². The first kappa shape index (κ1) is 22.6. The first-order valence-electron chi connectivity index (χ1n) is 9.56. The zero-order valence-electron chi connectivity index (χ0n) is 17.0. The number of amides is 1. The lowest BCUT2D eigenvalue weighted by molar-refractivity contribution is -0.142. The SMILES string of the molecule is COC(=O)[C@H](Cc1ccc(OC(=O)c2cccc(F)c2)cc1)NC(=O)c1cccc(F)c1. The maximum Gasteiger partial charge on any atom is 0.343 e. The van der Waals surface area contributed by atoms with Gasteiger partial charge in [-0.25, -0.2) is 18.4 Å². The van der Waals surface area contributed by atoms with Crippen molar-refractivity contribution in [1.29, 1.82) is 0 Å². The van der Waals surface area contributed by atoms with E-state index in [1.165, 1.54) is 55.6 Å². The quantitative estimate of drug-likeness (QED) is 0.449. The van der Waals surface area contributed by atoms with E-state index in [9.17, 15) is 23.2 Å². The topological polar surface area (TPSA) is 81.7 Å². The normalized spacial score (nSPS) is 11.3. The van der Waals surface area contributed by atoms with Gasteiger partial charge in [0.1, 0.15) is 23.4 Å². The van der Waals surface area contributed by atoms with Gasteiger partial charge in [-0.05, 0) is 54.1 Å². The van der Waals surface area contributed by atoms with Crippen molar-refractivity contribution >= 4 is 17.8 Å². The van der Waals surface area contributed by atoms with Gasteiger partial charge in [0.2, 0.25) is 0 Å². The number of esters is 2. The Balaban J connectivity index is 1.67. The van der Waals surface area contributed by atoms with Crippen molar-refractivity contribution in [2.24, 2.45) is 0 Å². The minimum absolute atomic E-state index is 0.0681. The van der Waals surface area contributed by atoms with Crippen LogP contribution in [0.4, 0.5) is 8.78 Å². The molecule has 0 aliphatic carbocycles. The second-order valence-corrected chi connectivity index (χ2v) is 6.81. The molecule has 0 unspecified atom stereocenters. The molecule has 0 radical (unpaired) electrons. The van der Waals surface area contributed by atoms with Crippen LogP contribution in [0.5, 0.6) is 5.75 Å². The number of carbonyl (C=O) groups excluding carboxylic acids is 3. The highest BCUT2D eigenvalue weighted by molar-refractivity contribution is 5.96. The minimum Gasteiger partial charge on any atom is -0.467 e. The number of rotatable bonds is 7. The molecule has 1 N–H and O–H groups in total. The molecule has 0 spiro atoms. The van der Waals surface area contributed by atoms with E-state index in [1.54, 1.807) is 12.1 Å². The molecule has 32 heavy (non-hydrogen) atoms. The number of carbonyl (C=O) groups is 3. The third-order valence-electron chi connectivity index (χ3n) is 4.51. The molecule has 3 aromatic rings. The number of nitrogens with one attached hydrogen (secondary N) is 1. The van der Waals surface area contributed by atoms with Crippen LogP contribution in [0.3, 0.4) is 0 Å². The molecule has 164 valence electrons. The van der Waals surface area contributed by atoms with E-state index >= 15 is 0 Å². The first-order valence-corrected chi connectivity index (χ1v) is 9.56. The molecule has 6 nitrogen and oxygen atoms in total. The van der Waals surface area contributed by atoms with Gasteiger partial charge in [0.15, 0.2) is 0 Å². The van der Waals surface area contributed by atoms with E-state index < -0.39 is 35.5 Å². The number of hydrogen-bond acceptors (Lipinski definition) is 5. The number of halogens is 2. The van der Waals surface area contributed by atoms with Gasteiger partial charge in [-0.1, -0.05) is 24.3 Å². The van der Waals surface area contributed by atoms with Crippen molar-refractivity contribution in [3.05, 3.63) is 101 Å². The summed E-state index contributed by atoms with van der Waals surface area (Å²) in [5, 5.41) is 2.53. The van der Waals surface area contributed by atoms with Crippen molar-refractivity contribution in [3.8, 4) is 5.75 Å². The van der Waals surface area contributed by atoms with Crippen LogP contribution in [-0.2, 0) is 16.0 Å². The zero-order valence-corrected chi connectivity index (χ0v) is 17.0. The Hall–Kier alpha value is -4.07. The van der Waals surface area contributed by atoms with Crippen LogP contribution >= 0.6 is 0 Å². The molecule has 3 aromatic carbocycles. The maximum atomic E-state index is 13.4. The summed E-state index contributed by atoms with van der Waals surface area (Å²) in [4.78, 5) is 36.6. The van der Waals surface area contributed by atoms with Crippen molar-refractivity contribution < 1.29 is 32.6 Å². The molecule has 8 heteroatoms. The van der Waals surface area contributed by atoms with Gasteiger partial charge in [0, 0.05) is 12.0 Å². The summed E-state index contributed by atoms with van der Waals surface area (Å²) in [6.07, 6.45) is 0.0891. The fourth-order valence-corrected chi connectivity index (χ4v) is 2.92. The molecule has 3 rings (SSSR count). The van der Waals surface area contributed by atoms with Crippen LogP contribution in [0, 0.1) is 11.6 Å². The monoisotopic (exact) mass is 439 g/mol. The molecule has 0 fully saturated rings. The fourth-order valence-electron chi connectivity index (χ4n) is 2.92. The number of methoxy groups -OCH3 is 1. The fraction of sp³-hybridized carbons (Fsp3) is 0.125. The molecule has 0 aliphatic rings. The molecule has 0 saturated carbocycles. The number of ether oxygens (including phenoxy) is 2. The van der Waals surface area contributed by atoms with Gasteiger partial charge < -0.3 is 14.8 Å². The standard InChI is InChI=1S/C24H19F2NO5/c1-31-24(30)21(27-22(28)16-4-2-6-18(25)13-16)12-15-8-10-20(11-9-15)32-23(29)17-5-3-7-19(26)14-17/h2-11,13-14,21H,12H2,1H3,(H,27,28)/t21-/m0/s1. The summed E-state index contributed by atoms with van der Waals surface area (Å²) < 4.78 is 36.6. The lowest BCUT2D eigenvalue weighted by Crippen LogP contribution is -2.43. The predicted octanol–water partition coefficient (Wildman–Crippen LogP) is 3.70. The van der Waals surface area contributed by atoms with E-state index in [0.29, 0.717) is 5.56 Å². The molecule has 0 heterocycles. The van der Waals surface area contributed by atoms with Gasteiger partial charge in [0.25, 0.3) is 5.91 Å². The zero-order chi connectivity index (χ0) is 23.1. The second-order valence-electron chi connectivity index (χ2n) is 6.81. The van der Waals surface area contributed by atoms with Crippen LogP contribution in [0.25, 0.3) is 0 Å². The van der Waals surface area contributed by atoms with E-state index in [-0.39, 0.29) is 23.3 Å². The highest BCUT2D eigenvalue weighted by Gasteiger charge is 2.23. The van der Waals surface area contributed by atoms with E-state index in [0.717, 1.165) is 12.1 Å². The summed E-state index contributed by atoms with van der Waals surface area (Å²) >= 11 is 0. The third-order valence-corrected chi connectivity index (χ3v) is 4.51. The molecular formula is C24H19F2NO5. The van der Waals surface area contributed by atoms with Crippen LogP contribution in [0.1, 0.15) is 26.3 Å². The number of hydrogen-bond donors (Lipinski definition) is 1. The molecule has 0 saturated heterocycles. The first-order chi connectivity index (χ1) is 15.4. The lowest BCUT2D eigenvalue weighted by Gasteiger charge is -2.17. The average Bonchev–Trinajstić information content (AvgIpc) is 2.79. The molecule has 1 amide bonds. The summed E-state index contributed by atoms with van der Waals surface area (Å²) in [6.45, 7) is 0. The van der Waals surface area contributed by atoms with Crippen molar-refractivity contribution in [2.45, 2.75) is 12.5 Å². The van der Waals surface area contributed by atoms with Crippen LogP contribution in [-0.4, -0.2) is 31.0 Å². The van der Waals surface area contributed by atoms with Crippen LogP contribution in [0.2, 0.25) is 0 Å². The van der Waals surface area contributed by atoms with Crippen molar-refractivity contribution in [1.82, 2.24) is 5.32 Å². The molecule has 0 aromatic heterocycles. The molecule has 0 aliphatic heterocycles. The van der Waals surface area contributed by atoms with Gasteiger partial charge in [-0.15, -0.1) is 0 Å². The van der Waals surface area contributed by atoms with Gasteiger partial charge in [-0.2, -0.15) is 0 Å². The predicted molar refractivity (Wildman–Crippen MR) is 111 cm³/mol. The Bertz CT molecular complexity index is 1130. The summed E-state index contributed by atoms with van der Waals surface area (Å²) in [5.41, 5.74) is 0.781. The van der Waals surface area contributed by atoms with Crippen molar-refractivity contribution in [2.75, 3.05) is 7.11 Å². The van der Waals surface area contributed by atoms with Gasteiger partial charge in [0.05, 0.1) is 12.7 Å². The summed E-state index contributed by atoms with van der Waals surface area (Å²) in [7, 11) is 1.19. The maximum absolute atomic E-state index is 13.4. The highest BCUT2D eigenvalue weighted by Crippen LogP contribution is 2.16. The van der Waals surface area contributed by atoms with Gasteiger partial charge >= 0.3 is 11.9 Å². The van der Waals surface area contributed by atoms with E-state index in [2.05, 4.69) is 5.32 Å². The Kier molecular flexibility index (Phi) is 7.28. The average molecular weight is 439 g/mol. The second kappa shape index (κ2) is 10.3. The van der Waals surface area contributed by atoms with Crippen LogP contribution in [0.15, 0.2) is 72.8 Å². The highest BCUT2D eigenvalue weighted by atomic mass is 19.1. The third kappa shape index (κ3) is 5.98. The van der Waals surface area contributed by atoms with Crippen LogP contribution < -0.4 is 10.1 Å². The lowest BCUT2D eigenvalue weighted by atomic mass is 10.0. The number of benzene rings is 3. The molecule has 1 atom stereocenters. The Morgan fingerprint density at radius 1 is 0.875 bits per heavy atom. The molecular weight excluding hydrogens is 420 g/mol. The smallest absolute Gasteiger partial charge is 0.343 e. The van der Waals surface area contributed by atoms with Crippen molar-refractivity contribution in [3.63, 3.8) is 0 Å².